The third-order valence-corrected chi connectivity index (χ3v) is 3.71. The number of amides is 1. The Labute approximate surface area is 112 Å². The predicted molar refractivity (Wildman–Crippen MR) is 72.9 cm³/mol. The van der Waals surface area contributed by atoms with E-state index in [1.54, 1.807) is 0 Å². The van der Waals surface area contributed by atoms with E-state index in [2.05, 4.69) is 5.32 Å². The molecule has 1 aromatic carbocycles. The van der Waals surface area contributed by atoms with E-state index in [0.717, 1.165) is 24.1 Å². The number of aliphatic carboxylic acids is 1. The first-order valence-electron chi connectivity index (χ1n) is 6.68. The highest BCUT2D eigenvalue weighted by molar-refractivity contribution is 5.95. The zero-order chi connectivity index (χ0) is 13.8. The molecule has 19 heavy (non-hydrogen) atoms. The summed E-state index contributed by atoms with van der Waals surface area (Å²) in [5.41, 5.74) is 1.80. The molecular formula is C15H19NO3. The summed E-state index contributed by atoms with van der Waals surface area (Å²) in [5.74, 6) is -1.98. The molecule has 0 aromatic heterocycles. The molecule has 4 nitrogen and oxygen atoms in total. The lowest BCUT2D eigenvalue weighted by Crippen LogP contribution is -2.36. The van der Waals surface area contributed by atoms with Crippen LogP contribution in [0.3, 0.4) is 0 Å². The van der Waals surface area contributed by atoms with Crippen molar-refractivity contribution in [1.82, 2.24) is 0 Å². The lowest BCUT2D eigenvalue weighted by atomic mass is 9.78. The van der Waals surface area contributed by atoms with Gasteiger partial charge < -0.3 is 10.4 Å². The minimum atomic E-state index is -0.857. The Kier molecular flexibility index (Phi) is 4.20. The van der Waals surface area contributed by atoms with Crippen LogP contribution in [0.2, 0.25) is 0 Å². The van der Waals surface area contributed by atoms with Crippen LogP contribution in [-0.4, -0.2) is 17.0 Å². The van der Waals surface area contributed by atoms with Gasteiger partial charge in [0.15, 0.2) is 0 Å². The molecule has 0 bridgehead atoms. The SMILES string of the molecule is Cc1cccc(NC(=O)C2CCCCC2C(=O)O)c1. The monoisotopic (exact) mass is 261 g/mol. The van der Waals surface area contributed by atoms with Crippen molar-refractivity contribution in [3.8, 4) is 0 Å². The van der Waals surface area contributed by atoms with Crippen molar-refractivity contribution in [2.45, 2.75) is 32.6 Å². The van der Waals surface area contributed by atoms with Crippen molar-refractivity contribution in [3.63, 3.8) is 0 Å². The van der Waals surface area contributed by atoms with E-state index >= 15 is 0 Å². The number of rotatable bonds is 3. The first-order valence-corrected chi connectivity index (χ1v) is 6.68. The molecule has 1 aliphatic rings. The topological polar surface area (TPSA) is 66.4 Å². The van der Waals surface area contributed by atoms with Gasteiger partial charge in [-0.25, -0.2) is 0 Å². The van der Waals surface area contributed by atoms with Gasteiger partial charge in [0, 0.05) is 5.69 Å². The van der Waals surface area contributed by atoms with Crippen LogP contribution in [-0.2, 0) is 9.59 Å². The van der Waals surface area contributed by atoms with Crippen LogP contribution in [0.5, 0.6) is 0 Å². The van der Waals surface area contributed by atoms with Gasteiger partial charge in [0.05, 0.1) is 11.8 Å². The second-order valence-electron chi connectivity index (χ2n) is 5.19. The minimum Gasteiger partial charge on any atom is -0.481 e. The highest BCUT2D eigenvalue weighted by Crippen LogP contribution is 2.31. The average molecular weight is 261 g/mol. The zero-order valence-corrected chi connectivity index (χ0v) is 11.1. The molecule has 1 aliphatic carbocycles. The number of aryl methyl sites for hydroxylation is 1. The summed E-state index contributed by atoms with van der Waals surface area (Å²) in [6.45, 7) is 1.95. The standard InChI is InChI=1S/C15H19NO3/c1-10-5-4-6-11(9-10)16-14(17)12-7-2-3-8-13(12)15(18)19/h4-6,9,12-13H,2-3,7-8H2,1H3,(H,16,17)(H,18,19). The van der Waals surface area contributed by atoms with E-state index in [0.29, 0.717) is 12.8 Å². The van der Waals surface area contributed by atoms with Gasteiger partial charge in [-0.2, -0.15) is 0 Å². The number of benzene rings is 1. The largest absolute Gasteiger partial charge is 0.481 e. The van der Waals surface area contributed by atoms with Crippen LogP contribution in [0.4, 0.5) is 5.69 Å². The van der Waals surface area contributed by atoms with Crippen molar-refractivity contribution in [2.24, 2.45) is 11.8 Å². The first-order chi connectivity index (χ1) is 9.08. The molecule has 102 valence electrons. The van der Waals surface area contributed by atoms with E-state index in [1.165, 1.54) is 0 Å². The summed E-state index contributed by atoms with van der Waals surface area (Å²) in [4.78, 5) is 23.4. The van der Waals surface area contributed by atoms with Crippen molar-refractivity contribution in [2.75, 3.05) is 5.32 Å². The summed E-state index contributed by atoms with van der Waals surface area (Å²) in [7, 11) is 0. The van der Waals surface area contributed by atoms with Gasteiger partial charge in [0.1, 0.15) is 0 Å². The van der Waals surface area contributed by atoms with Gasteiger partial charge >= 0.3 is 5.97 Å². The van der Waals surface area contributed by atoms with E-state index < -0.39 is 17.8 Å². The fraction of sp³-hybridized carbons (Fsp3) is 0.467. The average Bonchev–Trinajstić information content (AvgIpc) is 2.38. The van der Waals surface area contributed by atoms with Crippen LogP contribution >= 0.6 is 0 Å². The van der Waals surface area contributed by atoms with Crippen LogP contribution in [0, 0.1) is 18.8 Å². The Morgan fingerprint density at radius 1 is 1.21 bits per heavy atom. The van der Waals surface area contributed by atoms with E-state index in [9.17, 15) is 14.7 Å². The van der Waals surface area contributed by atoms with Gasteiger partial charge in [-0.05, 0) is 37.5 Å². The molecule has 0 aliphatic heterocycles. The molecule has 2 rings (SSSR count). The number of carbonyl (C=O) groups excluding carboxylic acids is 1. The molecule has 2 atom stereocenters. The van der Waals surface area contributed by atoms with Crippen molar-refractivity contribution >= 4 is 17.6 Å². The maximum Gasteiger partial charge on any atom is 0.307 e. The summed E-state index contributed by atoms with van der Waals surface area (Å²) in [6, 6.07) is 7.54. The van der Waals surface area contributed by atoms with Crippen LogP contribution in [0.15, 0.2) is 24.3 Å². The van der Waals surface area contributed by atoms with E-state index in [-0.39, 0.29) is 5.91 Å². The van der Waals surface area contributed by atoms with Gasteiger partial charge in [0.2, 0.25) is 5.91 Å². The Balaban J connectivity index is 2.07. The third-order valence-electron chi connectivity index (χ3n) is 3.71. The number of carboxylic acids is 1. The summed E-state index contributed by atoms with van der Waals surface area (Å²) in [6.07, 6.45) is 3.08. The highest BCUT2D eigenvalue weighted by atomic mass is 16.4. The molecule has 0 heterocycles. The molecule has 4 heteroatoms. The van der Waals surface area contributed by atoms with Crippen molar-refractivity contribution in [3.05, 3.63) is 29.8 Å². The van der Waals surface area contributed by atoms with Gasteiger partial charge in [0.25, 0.3) is 0 Å². The number of hydrogen-bond donors (Lipinski definition) is 2. The van der Waals surface area contributed by atoms with Gasteiger partial charge in [-0.15, -0.1) is 0 Å². The second-order valence-corrected chi connectivity index (χ2v) is 5.19. The Hall–Kier alpha value is -1.84. The smallest absolute Gasteiger partial charge is 0.307 e. The minimum absolute atomic E-state index is 0.169. The number of nitrogens with one attached hydrogen (secondary N) is 1. The van der Waals surface area contributed by atoms with E-state index in [1.807, 2.05) is 31.2 Å². The Morgan fingerprint density at radius 2 is 1.89 bits per heavy atom. The fourth-order valence-corrected chi connectivity index (χ4v) is 2.70. The number of anilines is 1. The molecule has 1 amide bonds. The second kappa shape index (κ2) is 5.87. The molecular weight excluding hydrogens is 242 g/mol. The summed E-state index contributed by atoms with van der Waals surface area (Å²) >= 11 is 0. The Morgan fingerprint density at radius 3 is 2.53 bits per heavy atom. The van der Waals surface area contributed by atoms with Gasteiger partial charge in [-0.3, -0.25) is 9.59 Å². The van der Waals surface area contributed by atoms with E-state index in [4.69, 9.17) is 0 Å². The highest BCUT2D eigenvalue weighted by Gasteiger charge is 2.35. The lowest BCUT2D eigenvalue weighted by Gasteiger charge is -2.27. The van der Waals surface area contributed by atoms with Crippen LogP contribution in [0.25, 0.3) is 0 Å². The number of hydrogen-bond acceptors (Lipinski definition) is 2. The molecule has 1 saturated carbocycles. The fourth-order valence-electron chi connectivity index (χ4n) is 2.70. The third kappa shape index (κ3) is 3.34. The van der Waals surface area contributed by atoms with Gasteiger partial charge in [-0.1, -0.05) is 25.0 Å². The molecule has 1 fully saturated rings. The number of carbonyl (C=O) groups is 2. The lowest BCUT2D eigenvalue weighted by molar-refractivity contribution is -0.147. The molecule has 1 aromatic rings. The van der Waals surface area contributed by atoms with Crippen LogP contribution in [0.1, 0.15) is 31.2 Å². The summed E-state index contributed by atoms with van der Waals surface area (Å²) in [5, 5.41) is 12.0. The Bertz CT molecular complexity index is 484. The van der Waals surface area contributed by atoms with Crippen LogP contribution < -0.4 is 5.32 Å². The molecule has 2 unspecified atom stereocenters. The molecule has 0 saturated heterocycles. The molecule has 0 radical (unpaired) electrons. The van der Waals surface area contributed by atoms with Crippen molar-refractivity contribution < 1.29 is 14.7 Å². The normalized spacial score (nSPS) is 22.8. The quantitative estimate of drug-likeness (QED) is 0.879. The first kappa shape index (κ1) is 13.6. The number of carboxylic acid groups (broad SMARTS) is 1. The maximum atomic E-state index is 12.2. The molecule has 2 N–H and O–H groups in total. The zero-order valence-electron chi connectivity index (χ0n) is 11.1. The molecule has 0 spiro atoms. The maximum absolute atomic E-state index is 12.2. The predicted octanol–water partition coefficient (Wildman–Crippen LogP) is 2.82. The van der Waals surface area contributed by atoms with Crippen molar-refractivity contribution in [1.29, 1.82) is 0 Å². The summed E-state index contributed by atoms with van der Waals surface area (Å²) < 4.78 is 0.